The monoisotopic (exact) mass is 222 g/mol. The van der Waals surface area contributed by atoms with Gasteiger partial charge in [0.25, 0.3) is 11.2 Å². The Balaban J connectivity index is 2.96. The minimum absolute atomic E-state index is 0.0144. The number of nitrogens with two attached hydrogens (primary N) is 1. The van der Waals surface area contributed by atoms with Gasteiger partial charge in [-0.3, -0.25) is 19.9 Å². The lowest BCUT2D eigenvalue weighted by molar-refractivity contribution is -0.383. The predicted octanol–water partition coefficient (Wildman–Crippen LogP) is -0.293. The summed E-state index contributed by atoms with van der Waals surface area (Å²) >= 11 is 0. The van der Waals surface area contributed by atoms with E-state index in [1.165, 1.54) is 6.07 Å². The van der Waals surface area contributed by atoms with Crippen molar-refractivity contribution in [2.45, 2.75) is 0 Å². The second-order valence-corrected chi connectivity index (χ2v) is 3.12. The zero-order valence-electron chi connectivity index (χ0n) is 7.81. The molecule has 0 amide bonds. The molecule has 8 heteroatoms. The van der Waals surface area contributed by atoms with Crippen LogP contribution in [-0.4, -0.2) is 14.9 Å². The van der Waals surface area contributed by atoms with Crippen LogP contribution in [0.3, 0.4) is 0 Å². The van der Waals surface area contributed by atoms with Crippen LogP contribution in [0.2, 0.25) is 0 Å². The standard InChI is InChI=1S/C8H6N4O4/c9-4-2-5-3(1-6(4)12(15)16)7(13)11-8(14)10-5/h1-2H,9H2,(H2,10,11,13,14). The summed E-state index contributed by atoms with van der Waals surface area (Å²) in [5.74, 6) is 0. The van der Waals surface area contributed by atoms with E-state index >= 15 is 0 Å². The molecule has 0 bridgehead atoms. The molecule has 16 heavy (non-hydrogen) atoms. The van der Waals surface area contributed by atoms with E-state index in [4.69, 9.17) is 5.73 Å². The molecule has 0 saturated carbocycles. The number of nitrogen functional groups attached to an aromatic ring is 1. The molecule has 0 unspecified atom stereocenters. The summed E-state index contributed by atoms with van der Waals surface area (Å²) in [5.41, 5.74) is 3.71. The Bertz CT molecular complexity index is 699. The molecule has 0 aliphatic carbocycles. The van der Waals surface area contributed by atoms with Crippen LogP contribution in [0.15, 0.2) is 21.7 Å². The number of H-pyrrole nitrogens is 2. The fourth-order valence-corrected chi connectivity index (χ4v) is 1.38. The van der Waals surface area contributed by atoms with E-state index in [1.807, 2.05) is 4.98 Å². The molecule has 0 aliphatic heterocycles. The fourth-order valence-electron chi connectivity index (χ4n) is 1.38. The van der Waals surface area contributed by atoms with E-state index in [2.05, 4.69) is 4.98 Å². The molecule has 82 valence electrons. The lowest BCUT2D eigenvalue weighted by Crippen LogP contribution is -2.22. The largest absolute Gasteiger partial charge is 0.393 e. The first-order valence-electron chi connectivity index (χ1n) is 4.19. The second kappa shape index (κ2) is 3.19. The van der Waals surface area contributed by atoms with Crippen molar-refractivity contribution in [3.8, 4) is 0 Å². The molecule has 4 N–H and O–H groups in total. The van der Waals surface area contributed by atoms with Crippen molar-refractivity contribution in [1.29, 1.82) is 0 Å². The highest BCUT2D eigenvalue weighted by Gasteiger charge is 2.14. The number of nitrogens with one attached hydrogen (secondary N) is 2. The van der Waals surface area contributed by atoms with Crippen LogP contribution in [0.4, 0.5) is 11.4 Å². The van der Waals surface area contributed by atoms with Crippen molar-refractivity contribution in [3.05, 3.63) is 43.1 Å². The first-order valence-corrected chi connectivity index (χ1v) is 4.19. The van der Waals surface area contributed by atoms with Crippen LogP contribution in [0, 0.1) is 10.1 Å². The Morgan fingerprint density at radius 3 is 2.56 bits per heavy atom. The quantitative estimate of drug-likeness (QED) is 0.346. The number of benzene rings is 1. The van der Waals surface area contributed by atoms with Crippen molar-refractivity contribution in [2.24, 2.45) is 0 Å². The van der Waals surface area contributed by atoms with Gasteiger partial charge in [0, 0.05) is 6.07 Å². The Labute approximate surface area is 86.9 Å². The van der Waals surface area contributed by atoms with Gasteiger partial charge in [0.05, 0.1) is 15.8 Å². The normalized spacial score (nSPS) is 10.5. The molecule has 0 radical (unpaired) electrons. The maximum Gasteiger partial charge on any atom is 0.326 e. The molecule has 0 fully saturated rings. The van der Waals surface area contributed by atoms with Crippen LogP contribution in [0.5, 0.6) is 0 Å². The highest BCUT2D eigenvalue weighted by atomic mass is 16.6. The molecular weight excluding hydrogens is 216 g/mol. The van der Waals surface area contributed by atoms with E-state index in [0.29, 0.717) is 0 Å². The van der Waals surface area contributed by atoms with Crippen LogP contribution in [0.1, 0.15) is 0 Å². The summed E-state index contributed by atoms with van der Waals surface area (Å²) < 4.78 is 0. The first kappa shape index (κ1) is 9.90. The third kappa shape index (κ3) is 1.41. The number of nitro benzene ring substituents is 1. The molecule has 0 saturated heterocycles. The number of nitrogens with zero attached hydrogens (tertiary/aromatic N) is 1. The molecule has 8 nitrogen and oxygen atoms in total. The lowest BCUT2D eigenvalue weighted by Gasteiger charge is -1.99. The van der Waals surface area contributed by atoms with Crippen molar-refractivity contribution in [3.63, 3.8) is 0 Å². The van der Waals surface area contributed by atoms with E-state index in [1.54, 1.807) is 0 Å². The highest BCUT2D eigenvalue weighted by molar-refractivity contribution is 5.85. The number of rotatable bonds is 1. The maximum absolute atomic E-state index is 11.3. The zero-order valence-corrected chi connectivity index (χ0v) is 7.81. The van der Waals surface area contributed by atoms with Gasteiger partial charge in [-0.25, -0.2) is 4.79 Å². The minimum atomic E-state index is -0.695. The van der Waals surface area contributed by atoms with Gasteiger partial charge in [0.1, 0.15) is 5.69 Å². The van der Waals surface area contributed by atoms with Gasteiger partial charge >= 0.3 is 5.69 Å². The van der Waals surface area contributed by atoms with Gasteiger partial charge in [-0.2, -0.15) is 0 Å². The van der Waals surface area contributed by atoms with Crippen molar-refractivity contribution in [2.75, 3.05) is 5.73 Å². The van der Waals surface area contributed by atoms with Gasteiger partial charge in [0.2, 0.25) is 0 Å². The summed E-state index contributed by atoms with van der Waals surface area (Å²) in [7, 11) is 0. The van der Waals surface area contributed by atoms with Crippen molar-refractivity contribution < 1.29 is 4.92 Å². The number of hydrogen-bond donors (Lipinski definition) is 3. The van der Waals surface area contributed by atoms with Crippen molar-refractivity contribution in [1.82, 2.24) is 9.97 Å². The van der Waals surface area contributed by atoms with Gasteiger partial charge in [-0.05, 0) is 6.07 Å². The topological polar surface area (TPSA) is 135 Å². The van der Waals surface area contributed by atoms with Crippen LogP contribution in [0.25, 0.3) is 10.9 Å². The third-order valence-corrected chi connectivity index (χ3v) is 2.08. The highest BCUT2D eigenvalue weighted by Crippen LogP contribution is 2.24. The average Bonchev–Trinajstić information content (AvgIpc) is 2.15. The van der Waals surface area contributed by atoms with Gasteiger partial charge in [-0.15, -0.1) is 0 Å². The predicted molar refractivity (Wildman–Crippen MR) is 56.3 cm³/mol. The molecule has 1 heterocycles. The molecule has 1 aromatic heterocycles. The number of aromatic nitrogens is 2. The van der Waals surface area contributed by atoms with Crippen LogP contribution >= 0.6 is 0 Å². The Hall–Kier alpha value is -2.64. The number of hydrogen-bond acceptors (Lipinski definition) is 5. The smallest absolute Gasteiger partial charge is 0.326 e. The number of anilines is 1. The van der Waals surface area contributed by atoms with E-state index in [0.717, 1.165) is 6.07 Å². The van der Waals surface area contributed by atoms with Crippen LogP contribution in [-0.2, 0) is 0 Å². The van der Waals surface area contributed by atoms with E-state index in [-0.39, 0.29) is 22.3 Å². The number of fused-ring (bicyclic) bond motifs is 1. The van der Waals surface area contributed by atoms with Crippen molar-refractivity contribution >= 4 is 22.3 Å². The Kier molecular flexibility index (Phi) is 1.97. The van der Waals surface area contributed by atoms with E-state index < -0.39 is 16.2 Å². The molecule has 0 spiro atoms. The summed E-state index contributed by atoms with van der Waals surface area (Å²) in [6.07, 6.45) is 0. The molecule has 2 rings (SSSR count). The molecular formula is C8H6N4O4. The minimum Gasteiger partial charge on any atom is -0.393 e. The van der Waals surface area contributed by atoms with Gasteiger partial charge < -0.3 is 10.7 Å². The average molecular weight is 222 g/mol. The number of nitro groups is 1. The summed E-state index contributed by atoms with van der Waals surface area (Å²) in [6.45, 7) is 0. The zero-order chi connectivity index (χ0) is 11.9. The summed E-state index contributed by atoms with van der Waals surface area (Å²) in [6, 6.07) is 2.21. The summed E-state index contributed by atoms with van der Waals surface area (Å²) in [5, 5.41) is 10.6. The maximum atomic E-state index is 11.3. The fraction of sp³-hybridized carbons (Fsp3) is 0. The summed E-state index contributed by atoms with van der Waals surface area (Å²) in [4.78, 5) is 36.5. The molecule has 0 atom stereocenters. The Morgan fingerprint density at radius 1 is 1.25 bits per heavy atom. The first-order chi connectivity index (χ1) is 7.49. The van der Waals surface area contributed by atoms with Gasteiger partial charge in [0.15, 0.2) is 0 Å². The van der Waals surface area contributed by atoms with Crippen LogP contribution < -0.4 is 17.0 Å². The number of aromatic amines is 2. The molecule has 2 aromatic rings. The molecule has 1 aromatic carbocycles. The van der Waals surface area contributed by atoms with E-state index in [9.17, 15) is 19.7 Å². The lowest BCUT2D eigenvalue weighted by atomic mass is 10.2. The second-order valence-electron chi connectivity index (χ2n) is 3.12. The Morgan fingerprint density at radius 2 is 1.94 bits per heavy atom. The molecule has 0 aliphatic rings. The third-order valence-electron chi connectivity index (χ3n) is 2.08. The van der Waals surface area contributed by atoms with Gasteiger partial charge in [-0.1, -0.05) is 0 Å². The SMILES string of the molecule is Nc1cc2[nH]c(=O)[nH]c(=O)c2cc1[N+](=O)[O-].